The summed E-state index contributed by atoms with van der Waals surface area (Å²) < 4.78 is 11.6. The largest absolute Gasteiger partial charge is 0.373 e. The van der Waals surface area contributed by atoms with E-state index in [1.54, 1.807) is 12.4 Å². The van der Waals surface area contributed by atoms with Crippen molar-refractivity contribution in [3.05, 3.63) is 54.5 Å². The van der Waals surface area contributed by atoms with Gasteiger partial charge in [0.05, 0.1) is 6.33 Å². The maximum Gasteiger partial charge on any atom is 0.106 e. The number of hydrogen-bond acceptors (Lipinski definition) is 3. The average molecular weight is 440 g/mol. The molecule has 1 aromatic rings. The first-order valence-electron chi connectivity index (χ1n) is 11.9. The van der Waals surface area contributed by atoms with E-state index in [1.165, 1.54) is 57.0 Å². The van der Waals surface area contributed by atoms with E-state index in [0.717, 1.165) is 5.56 Å². The van der Waals surface area contributed by atoms with Gasteiger partial charge in [-0.15, -0.1) is 5.92 Å². The number of allylic oxidation sites excluding steroid dienone is 2. The van der Waals surface area contributed by atoms with Gasteiger partial charge in [-0.25, -0.2) is 4.39 Å². The van der Waals surface area contributed by atoms with E-state index in [2.05, 4.69) is 65.2 Å². The minimum atomic E-state index is 0.119. The standard InChI is InChI=1S/C19H27N.C9H15FN2/c1-4-7-17-8-10-18(11-9-17)20-15-13-19(6-3,12-5-2)14-16-20;1-3-11-8-12-7-5-9(2)4-6-10/h8-11H,5-6,12-16H2,1-3H3;3-7,9,12H,8H2,1-2H3/b;6-4+,7-5-,11-3-. The Morgan fingerprint density at radius 3 is 2.41 bits per heavy atom. The number of nitrogens with one attached hydrogen (secondary N) is 1. The van der Waals surface area contributed by atoms with Crippen LogP contribution in [-0.4, -0.2) is 26.0 Å². The maximum absolute atomic E-state index is 11.6. The molecule has 1 aliphatic rings. The molecular weight excluding hydrogens is 397 g/mol. The molecule has 3 nitrogen and oxygen atoms in total. The van der Waals surface area contributed by atoms with Crippen molar-refractivity contribution in [1.29, 1.82) is 0 Å². The van der Waals surface area contributed by atoms with Gasteiger partial charge in [0.25, 0.3) is 0 Å². The Morgan fingerprint density at radius 2 is 1.88 bits per heavy atom. The van der Waals surface area contributed by atoms with Crippen molar-refractivity contribution in [1.82, 2.24) is 5.32 Å². The number of nitrogens with zero attached hydrogens (tertiary/aromatic N) is 2. The molecule has 0 amide bonds. The summed E-state index contributed by atoms with van der Waals surface area (Å²) in [5.41, 5.74) is 3.08. The van der Waals surface area contributed by atoms with Crippen LogP contribution in [0.3, 0.4) is 0 Å². The first kappa shape index (κ1) is 27.5. The zero-order valence-electron chi connectivity index (χ0n) is 20.7. The zero-order valence-corrected chi connectivity index (χ0v) is 20.7. The fourth-order valence-electron chi connectivity index (χ4n) is 4.05. The van der Waals surface area contributed by atoms with Gasteiger partial charge in [-0.3, -0.25) is 4.99 Å². The second-order valence-corrected chi connectivity index (χ2v) is 8.35. The molecule has 1 unspecified atom stereocenters. The predicted octanol–water partition coefficient (Wildman–Crippen LogP) is 7.11. The van der Waals surface area contributed by atoms with Gasteiger partial charge < -0.3 is 10.2 Å². The van der Waals surface area contributed by atoms with Gasteiger partial charge in [0.2, 0.25) is 0 Å². The molecule has 0 aromatic heterocycles. The van der Waals surface area contributed by atoms with Crippen molar-refractivity contribution in [3.63, 3.8) is 0 Å². The number of anilines is 1. The Labute approximate surface area is 195 Å². The Hall–Kier alpha value is -2.54. The summed E-state index contributed by atoms with van der Waals surface area (Å²) in [4.78, 5) is 6.47. The van der Waals surface area contributed by atoms with E-state index in [1.807, 2.05) is 26.8 Å². The molecule has 0 radical (unpaired) electrons. The Morgan fingerprint density at radius 1 is 1.19 bits per heavy atom. The van der Waals surface area contributed by atoms with Crippen LogP contribution < -0.4 is 10.2 Å². The van der Waals surface area contributed by atoms with Crippen molar-refractivity contribution in [2.45, 2.75) is 66.7 Å². The minimum absolute atomic E-state index is 0.119. The van der Waals surface area contributed by atoms with Crippen molar-refractivity contribution in [2.24, 2.45) is 16.3 Å². The second-order valence-electron chi connectivity index (χ2n) is 8.35. The lowest BCUT2D eigenvalue weighted by atomic mass is 9.73. The van der Waals surface area contributed by atoms with Gasteiger partial charge in [0.1, 0.15) is 6.67 Å². The van der Waals surface area contributed by atoms with Crippen LogP contribution in [0.4, 0.5) is 10.1 Å². The first-order valence-corrected chi connectivity index (χ1v) is 11.9. The summed E-state index contributed by atoms with van der Waals surface area (Å²) in [6.45, 7) is 13.3. The molecule has 176 valence electrons. The highest BCUT2D eigenvalue weighted by molar-refractivity contribution is 5.53. The summed E-state index contributed by atoms with van der Waals surface area (Å²) in [6, 6.07) is 8.72. The van der Waals surface area contributed by atoms with Gasteiger partial charge in [-0.2, -0.15) is 0 Å². The molecule has 1 aliphatic heterocycles. The minimum Gasteiger partial charge on any atom is -0.373 e. The summed E-state index contributed by atoms with van der Waals surface area (Å²) in [5, 5.41) is 2.94. The van der Waals surface area contributed by atoms with Gasteiger partial charge in [-0.1, -0.05) is 45.6 Å². The van der Waals surface area contributed by atoms with E-state index >= 15 is 0 Å². The highest BCUT2D eigenvalue weighted by Gasteiger charge is 2.31. The lowest BCUT2D eigenvalue weighted by Crippen LogP contribution is -2.39. The molecule has 1 atom stereocenters. The molecule has 1 fully saturated rings. The quantitative estimate of drug-likeness (QED) is 0.252. The van der Waals surface area contributed by atoms with Crippen LogP contribution in [0.2, 0.25) is 0 Å². The molecule has 1 aromatic carbocycles. The van der Waals surface area contributed by atoms with Gasteiger partial charge in [-0.05, 0) is 87.2 Å². The normalized spacial score (nSPS) is 16.5. The smallest absolute Gasteiger partial charge is 0.106 e. The lowest BCUT2D eigenvalue weighted by molar-refractivity contribution is 0.188. The first-order chi connectivity index (χ1) is 15.5. The van der Waals surface area contributed by atoms with Gasteiger partial charge >= 0.3 is 0 Å². The number of piperidine rings is 1. The highest BCUT2D eigenvalue weighted by Crippen LogP contribution is 2.40. The van der Waals surface area contributed by atoms with Crippen LogP contribution in [-0.2, 0) is 0 Å². The van der Waals surface area contributed by atoms with Crippen LogP contribution in [0.15, 0.2) is 53.9 Å². The fourth-order valence-corrected chi connectivity index (χ4v) is 4.05. The molecule has 2 rings (SSSR count). The summed E-state index contributed by atoms with van der Waals surface area (Å²) in [5.74, 6) is 6.18. The number of aliphatic imine (C=N–C) groups is 1. The monoisotopic (exact) mass is 439 g/mol. The fraction of sp³-hybridized carbons (Fsp3) is 0.536. The zero-order chi connectivity index (χ0) is 23.7. The average Bonchev–Trinajstić information content (AvgIpc) is 2.81. The summed E-state index contributed by atoms with van der Waals surface area (Å²) in [7, 11) is 0. The predicted molar refractivity (Wildman–Crippen MR) is 139 cm³/mol. The summed E-state index contributed by atoms with van der Waals surface area (Å²) in [6.07, 6.45) is 14.1. The Bertz CT molecular complexity index is 760. The van der Waals surface area contributed by atoms with E-state index < -0.39 is 0 Å². The molecule has 0 bridgehead atoms. The topological polar surface area (TPSA) is 27.6 Å². The van der Waals surface area contributed by atoms with E-state index in [0.29, 0.717) is 18.4 Å². The number of benzene rings is 1. The van der Waals surface area contributed by atoms with Crippen LogP contribution in [0.1, 0.15) is 72.3 Å². The Kier molecular flexibility index (Phi) is 13.9. The van der Waals surface area contributed by atoms with E-state index in [9.17, 15) is 4.39 Å². The number of halogens is 1. The van der Waals surface area contributed by atoms with Crippen molar-refractivity contribution >= 4 is 11.9 Å². The SMILES string of the molecule is C/C=N\CN/C=C\C(C)/C=C/F.CC#Cc1ccc(N2CCC(CC)(CCC)CC2)cc1. The van der Waals surface area contributed by atoms with Gasteiger partial charge in [0.15, 0.2) is 0 Å². The molecule has 32 heavy (non-hydrogen) atoms. The van der Waals surface area contributed by atoms with Crippen LogP contribution in [0.5, 0.6) is 0 Å². The van der Waals surface area contributed by atoms with Crippen LogP contribution >= 0.6 is 0 Å². The molecule has 1 saturated heterocycles. The number of hydrogen-bond donors (Lipinski definition) is 1. The second kappa shape index (κ2) is 16.1. The van der Waals surface area contributed by atoms with Crippen molar-refractivity contribution in [2.75, 3.05) is 24.7 Å². The third-order valence-electron chi connectivity index (χ3n) is 6.12. The number of rotatable bonds is 9. The third-order valence-corrected chi connectivity index (χ3v) is 6.12. The Balaban J connectivity index is 0.000000368. The van der Waals surface area contributed by atoms with Crippen molar-refractivity contribution in [3.8, 4) is 11.8 Å². The molecule has 1 heterocycles. The van der Waals surface area contributed by atoms with Crippen molar-refractivity contribution < 1.29 is 4.39 Å². The molecule has 0 aliphatic carbocycles. The molecule has 1 N–H and O–H groups in total. The molecule has 0 saturated carbocycles. The van der Waals surface area contributed by atoms with Crippen LogP contribution in [0.25, 0.3) is 0 Å². The lowest BCUT2D eigenvalue weighted by Gasteiger charge is -2.42. The molecular formula is C28H42FN3. The van der Waals surface area contributed by atoms with Gasteiger partial charge in [0, 0.05) is 24.3 Å². The molecule has 4 heteroatoms. The van der Waals surface area contributed by atoms with E-state index in [-0.39, 0.29) is 5.92 Å². The molecule has 0 spiro atoms. The van der Waals surface area contributed by atoms with Crippen LogP contribution in [0, 0.1) is 23.2 Å². The maximum atomic E-state index is 11.6. The summed E-state index contributed by atoms with van der Waals surface area (Å²) >= 11 is 0. The third kappa shape index (κ3) is 10.2. The van der Waals surface area contributed by atoms with E-state index in [4.69, 9.17) is 0 Å². The highest BCUT2D eigenvalue weighted by atomic mass is 19.1.